The molecule has 1 amide bonds. The van der Waals surface area contributed by atoms with E-state index < -0.39 is 0 Å². The first-order valence-electron chi connectivity index (χ1n) is 8.61. The average Bonchev–Trinajstić information content (AvgIpc) is 3.05. The van der Waals surface area contributed by atoms with Crippen molar-refractivity contribution in [1.29, 1.82) is 0 Å². The number of hydrogen-bond donors (Lipinski definition) is 1. The van der Waals surface area contributed by atoms with Crippen molar-refractivity contribution in [2.75, 3.05) is 25.1 Å². The number of methoxy groups -OCH3 is 1. The molecule has 0 unspecified atom stereocenters. The SMILES string of the molecule is CO[C@H]1C[C@@H](CNC(=O)c2cccc(F)c2C)N(c2cc(C)ncn2)C1. The van der Waals surface area contributed by atoms with Crippen LogP contribution < -0.4 is 10.2 Å². The minimum absolute atomic E-state index is 0.0482. The summed E-state index contributed by atoms with van der Waals surface area (Å²) < 4.78 is 19.2. The Hall–Kier alpha value is -2.54. The zero-order chi connectivity index (χ0) is 18.7. The van der Waals surface area contributed by atoms with E-state index in [1.807, 2.05) is 13.0 Å². The van der Waals surface area contributed by atoms with E-state index in [0.717, 1.165) is 17.9 Å². The van der Waals surface area contributed by atoms with Crippen LogP contribution in [0.15, 0.2) is 30.6 Å². The summed E-state index contributed by atoms with van der Waals surface area (Å²) in [5.74, 6) is 0.163. The molecule has 1 aliphatic rings. The molecule has 1 aliphatic heterocycles. The molecule has 1 saturated heterocycles. The van der Waals surface area contributed by atoms with Crippen LogP contribution in [0.4, 0.5) is 10.2 Å². The molecule has 3 rings (SSSR count). The summed E-state index contributed by atoms with van der Waals surface area (Å²) in [5, 5.41) is 2.92. The number of nitrogens with zero attached hydrogens (tertiary/aromatic N) is 3. The first kappa shape index (κ1) is 18.3. The van der Waals surface area contributed by atoms with E-state index in [2.05, 4.69) is 20.2 Å². The summed E-state index contributed by atoms with van der Waals surface area (Å²) in [5.41, 5.74) is 1.60. The van der Waals surface area contributed by atoms with E-state index in [-0.39, 0.29) is 23.9 Å². The zero-order valence-electron chi connectivity index (χ0n) is 15.2. The van der Waals surface area contributed by atoms with Crippen LogP contribution in [-0.4, -0.2) is 48.2 Å². The molecule has 1 fully saturated rings. The molecule has 0 spiro atoms. The predicted octanol–water partition coefficient (Wildman–Crippen LogP) is 2.26. The Bertz CT molecular complexity index is 799. The highest BCUT2D eigenvalue weighted by Crippen LogP contribution is 2.25. The lowest BCUT2D eigenvalue weighted by Crippen LogP contribution is -2.40. The van der Waals surface area contributed by atoms with Gasteiger partial charge in [-0.25, -0.2) is 14.4 Å². The van der Waals surface area contributed by atoms with E-state index >= 15 is 0 Å². The molecule has 26 heavy (non-hydrogen) atoms. The molecule has 1 N–H and O–H groups in total. The number of aryl methyl sites for hydroxylation is 1. The summed E-state index contributed by atoms with van der Waals surface area (Å²) >= 11 is 0. The number of halogens is 1. The van der Waals surface area contributed by atoms with Gasteiger partial charge < -0.3 is 15.0 Å². The molecule has 1 aromatic carbocycles. The van der Waals surface area contributed by atoms with E-state index in [4.69, 9.17) is 4.74 Å². The fourth-order valence-corrected chi connectivity index (χ4v) is 3.28. The maximum atomic E-state index is 13.7. The average molecular weight is 358 g/mol. The van der Waals surface area contributed by atoms with Gasteiger partial charge in [0.05, 0.1) is 12.1 Å². The summed E-state index contributed by atoms with van der Waals surface area (Å²) in [4.78, 5) is 23.1. The van der Waals surface area contributed by atoms with Crippen LogP contribution in [0.2, 0.25) is 0 Å². The first-order chi connectivity index (χ1) is 12.5. The molecule has 6 nitrogen and oxygen atoms in total. The quantitative estimate of drug-likeness (QED) is 0.888. The Morgan fingerprint density at radius 3 is 2.92 bits per heavy atom. The highest BCUT2D eigenvalue weighted by molar-refractivity contribution is 5.95. The summed E-state index contributed by atoms with van der Waals surface area (Å²) in [6.07, 6.45) is 2.39. The first-order valence-corrected chi connectivity index (χ1v) is 8.61. The fraction of sp³-hybridized carbons (Fsp3) is 0.421. The van der Waals surface area contributed by atoms with Gasteiger partial charge in [0.1, 0.15) is 18.0 Å². The van der Waals surface area contributed by atoms with E-state index in [1.165, 1.54) is 12.4 Å². The monoisotopic (exact) mass is 358 g/mol. The van der Waals surface area contributed by atoms with Crippen LogP contribution in [-0.2, 0) is 4.74 Å². The molecular weight excluding hydrogens is 335 g/mol. The summed E-state index contributed by atoms with van der Waals surface area (Å²) in [6.45, 7) is 4.65. The van der Waals surface area contributed by atoms with Gasteiger partial charge in [0.25, 0.3) is 5.91 Å². The van der Waals surface area contributed by atoms with Gasteiger partial charge in [-0.3, -0.25) is 4.79 Å². The lowest BCUT2D eigenvalue weighted by molar-refractivity contribution is 0.0945. The maximum Gasteiger partial charge on any atom is 0.251 e. The maximum absolute atomic E-state index is 13.7. The standard InChI is InChI=1S/C19H23FN4O2/c1-12-7-18(23-11-22-12)24-10-15(26-3)8-14(24)9-21-19(25)16-5-4-6-17(20)13(16)2/h4-7,11,14-15H,8-10H2,1-3H3,(H,21,25)/t14-,15-/m0/s1. The fourth-order valence-electron chi connectivity index (χ4n) is 3.28. The molecule has 1 aromatic heterocycles. The molecule has 0 aliphatic carbocycles. The van der Waals surface area contributed by atoms with Crippen molar-refractivity contribution in [2.45, 2.75) is 32.4 Å². The highest BCUT2D eigenvalue weighted by Gasteiger charge is 2.33. The number of hydrogen-bond acceptors (Lipinski definition) is 5. The van der Waals surface area contributed by atoms with Gasteiger partial charge in [0, 0.05) is 37.5 Å². The van der Waals surface area contributed by atoms with Crippen molar-refractivity contribution in [3.05, 3.63) is 53.2 Å². The van der Waals surface area contributed by atoms with Crippen LogP contribution in [0.25, 0.3) is 0 Å². The third-order valence-electron chi connectivity index (χ3n) is 4.80. The zero-order valence-corrected chi connectivity index (χ0v) is 15.2. The van der Waals surface area contributed by atoms with Gasteiger partial charge in [-0.1, -0.05) is 6.07 Å². The van der Waals surface area contributed by atoms with Gasteiger partial charge in [-0.05, 0) is 38.0 Å². The Morgan fingerprint density at radius 2 is 2.19 bits per heavy atom. The van der Waals surface area contributed by atoms with E-state index in [1.54, 1.807) is 26.2 Å². The van der Waals surface area contributed by atoms with Crippen molar-refractivity contribution < 1.29 is 13.9 Å². The lowest BCUT2D eigenvalue weighted by atomic mass is 10.1. The number of benzene rings is 1. The van der Waals surface area contributed by atoms with Crippen molar-refractivity contribution in [2.24, 2.45) is 0 Å². The van der Waals surface area contributed by atoms with Crippen molar-refractivity contribution in [3.63, 3.8) is 0 Å². The Morgan fingerprint density at radius 1 is 1.38 bits per heavy atom. The number of amides is 1. The molecule has 2 heterocycles. The Kier molecular flexibility index (Phi) is 5.46. The van der Waals surface area contributed by atoms with Gasteiger partial charge in [-0.15, -0.1) is 0 Å². The topological polar surface area (TPSA) is 67.3 Å². The summed E-state index contributed by atoms with van der Waals surface area (Å²) in [7, 11) is 1.69. The Labute approximate surface area is 152 Å². The Balaban J connectivity index is 1.72. The smallest absolute Gasteiger partial charge is 0.251 e. The molecule has 0 saturated carbocycles. The largest absolute Gasteiger partial charge is 0.380 e. The molecule has 0 radical (unpaired) electrons. The van der Waals surface area contributed by atoms with Crippen molar-refractivity contribution >= 4 is 11.7 Å². The lowest BCUT2D eigenvalue weighted by Gasteiger charge is -2.25. The number of carbonyl (C=O) groups excluding carboxylic acids is 1. The van der Waals surface area contributed by atoms with Crippen LogP contribution >= 0.6 is 0 Å². The molecule has 138 valence electrons. The molecule has 2 atom stereocenters. The minimum atomic E-state index is -0.379. The third-order valence-corrected chi connectivity index (χ3v) is 4.80. The van der Waals surface area contributed by atoms with E-state index in [9.17, 15) is 9.18 Å². The number of anilines is 1. The highest BCUT2D eigenvalue weighted by atomic mass is 19.1. The second-order valence-electron chi connectivity index (χ2n) is 6.54. The molecular formula is C19H23FN4O2. The molecule has 0 bridgehead atoms. The van der Waals surface area contributed by atoms with Gasteiger partial charge in [0.15, 0.2) is 0 Å². The van der Waals surface area contributed by atoms with Crippen LogP contribution in [0, 0.1) is 19.7 Å². The van der Waals surface area contributed by atoms with Crippen LogP contribution in [0.1, 0.15) is 28.0 Å². The number of aromatic nitrogens is 2. The number of ether oxygens (including phenoxy) is 1. The van der Waals surface area contributed by atoms with Crippen LogP contribution in [0.3, 0.4) is 0 Å². The normalized spacial score (nSPS) is 19.6. The second-order valence-corrected chi connectivity index (χ2v) is 6.54. The summed E-state index contributed by atoms with van der Waals surface area (Å²) in [6, 6.07) is 6.50. The third kappa shape index (κ3) is 3.83. The van der Waals surface area contributed by atoms with Crippen molar-refractivity contribution in [3.8, 4) is 0 Å². The molecule has 7 heteroatoms. The number of nitrogens with one attached hydrogen (secondary N) is 1. The number of rotatable bonds is 5. The van der Waals surface area contributed by atoms with E-state index in [0.29, 0.717) is 24.2 Å². The van der Waals surface area contributed by atoms with Gasteiger partial charge in [0.2, 0.25) is 0 Å². The molecule has 2 aromatic rings. The minimum Gasteiger partial charge on any atom is -0.380 e. The van der Waals surface area contributed by atoms with Crippen LogP contribution in [0.5, 0.6) is 0 Å². The van der Waals surface area contributed by atoms with Crippen molar-refractivity contribution in [1.82, 2.24) is 15.3 Å². The van der Waals surface area contributed by atoms with Gasteiger partial charge >= 0.3 is 0 Å². The predicted molar refractivity (Wildman–Crippen MR) is 96.8 cm³/mol. The van der Waals surface area contributed by atoms with Gasteiger partial charge in [-0.2, -0.15) is 0 Å². The number of carbonyl (C=O) groups is 1. The second kappa shape index (κ2) is 7.78.